The molecule has 1 unspecified atom stereocenters. The van der Waals surface area contributed by atoms with E-state index < -0.39 is 5.60 Å². The Labute approximate surface area is 138 Å². The average Bonchev–Trinajstić information content (AvgIpc) is 2.64. The number of amides is 1. The van der Waals surface area contributed by atoms with E-state index in [0.29, 0.717) is 25.1 Å². The SMILES string of the molecule is O=C(c1ccnnc1)N1CCOC(CO)(Cc2ccc(F)cc2)C1. The molecule has 0 aliphatic carbocycles. The summed E-state index contributed by atoms with van der Waals surface area (Å²) < 4.78 is 18.9. The molecule has 1 amide bonds. The molecule has 1 aromatic carbocycles. The van der Waals surface area contributed by atoms with Crippen molar-refractivity contribution in [3.05, 3.63) is 59.7 Å². The lowest BCUT2D eigenvalue weighted by Crippen LogP contribution is -2.56. The molecule has 1 aliphatic rings. The summed E-state index contributed by atoms with van der Waals surface area (Å²) >= 11 is 0. The molecule has 2 aromatic rings. The maximum absolute atomic E-state index is 13.1. The molecule has 24 heavy (non-hydrogen) atoms. The molecule has 1 atom stereocenters. The van der Waals surface area contributed by atoms with Crippen LogP contribution in [0, 0.1) is 5.82 Å². The summed E-state index contributed by atoms with van der Waals surface area (Å²) in [7, 11) is 0. The van der Waals surface area contributed by atoms with Crippen LogP contribution in [0.15, 0.2) is 42.7 Å². The molecule has 3 rings (SSSR count). The van der Waals surface area contributed by atoms with Crippen molar-refractivity contribution < 1.29 is 19.0 Å². The van der Waals surface area contributed by atoms with Gasteiger partial charge in [0.15, 0.2) is 0 Å². The fourth-order valence-corrected chi connectivity index (χ4v) is 2.85. The Kier molecular flexibility index (Phi) is 4.82. The Balaban J connectivity index is 1.76. The van der Waals surface area contributed by atoms with Gasteiger partial charge in [-0.1, -0.05) is 12.1 Å². The van der Waals surface area contributed by atoms with Crippen LogP contribution in [0.4, 0.5) is 4.39 Å². The molecule has 1 aliphatic heterocycles. The number of benzene rings is 1. The van der Waals surface area contributed by atoms with E-state index in [0.717, 1.165) is 5.56 Å². The number of hydrogen-bond donors (Lipinski definition) is 1. The molecule has 1 saturated heterocycles. The summed E-state index contributed by atoms with van der Waals surface area (Å²) in [5, 5.41) is 17.3. The van der Waals surface area contributed by atoms with Crippen molar-refractivity contribution in [2.24, 2.45) is 0 Å². The highest BCUT2D eigenvalue weighted by Crippen LogP contribution is 2.24. The van der Waals surface area contributed by atoms with Crippen molar-refractivity contribution in [2.75, 3.05) is 26.3 Å². The zero-order chi connectivity index (χ0) is 17.0. The number of aromatic nitrogens is 2. The summed E-state index contributed by atoms with van der Waals surface area (Å²) in [6.45, 7) is 0.781. The Morgan fingerprint density at radius 2 is 2.08 bits per heavy atom. The molecule has 1 aromatic heterocycles. The van der Waals surface area contributed by atoms with E-state index in [1.807, 2.05) is 0 Å². The van der Waals surface area contributed by atoms with E-state index in [2.05, 4.69) is 10.2 Å². The Hall–Kier alpha value is -2.38. The number of nitrogens with zero attached hydrogens (tertiary/aromatic N) is 3. The van der Waals surface area contributed by atoms with Gasteiger partial charge in [-0.05, 0) is 23.8 Å². The lowest BCUT2D eigenvalue weighted by molar-refractivity contribution is -0.123. The van der Waals surface area contributed by atoms with E-state index in [1.165, 1.54) is 24.5 Å². The van der Waals surface area contributed by atoms with Gasteiger partial charge in [-0.25, -0.2) is 4.39 Å². The van der Waals surface area contributed by atoms with Crippen LogP contribution in [-0.2, 0) is 11.2 Å². The van der Waals surface area contributed by atoms with Crippen LogP contribution < -0.4 is 0 Å². The predicted octanol–water partition coefficient (Wildman–Crippen LogP) is 1.06. The van der Waals surface area contributed by atoms with Gasteiger partial charge < -0.3 is 14.7 Å². The number of halogens is 1. The number of hydrogen-bond acceptors (Lipinski definition) is 5. The van der Waals surface area contributed by atoms with Crippen LogP contribution >= 0.6 is 0 Å². The van der Waals surface area contributed by atoms with Crippen LogP contribution in [-0.4, -0.2) is 58.0 Å². The fourth-order valence-electron chi connectivity index (χ4n) is 2.85. The summed E-state index contributed by atoms with van der Waals surface area (Å²) in [5.41, 5.74) is 0.387. The zero-order valence-electron chi connectivity index (χ0n) is 13.1. The molecule has 1 fully saturated rings. The van der Waals surface area contributed by atoms with Gasteiger partial charge in [-0.15, -0.1) is 0 Å². The highest BCUT2D eigenvalue weighted by Gasteiger charge is 2.38. The van der Waals surface area contributed by atoms with Gasteiger partial charge in [0.05, 0.1) is 37.7 Å². The monoisotopic (exact) mass is 331 g/mol. The lowest BCUT2D eigenvalue weighted by atomic mass is 9.93. The highest BCUT2D eigenvalue weighted by molar-refractivity contribution is 5.93. The number of morpholine rings is 1. The third kappa shape index (κ3) is 3.58. The molecule has 0 bridgehead atoms. The van der Waals surface area contributed by atoms with Crippen molar-refractivity contribution in [1.29, 1.82) is 0 Å². The van der Waals surface area contributed by atoms with Crippen molar-refractivity contribution in [3.63, 3.8) is 0 Å². The first-order chi connectivity index (χ1) is 11.6. The molecule has 2 heterocycles. The van der Waals surface area contributed by atoms with Crippen molar-refractivity contribution in [2.45, 2.75) is 12.0 Å². The fraction of sp³-hybridized carbons (Fsp3) is 0.353. The molecule has 1 N–H and O–H groups in total. The number of aliphatic hydroxyl groups excluding tert-OH is 1. The Morgan fingerprint density at radius 3 is 2.75 bits per heavy atom. The van der Waals surface area contributed by atoms with Crippen LogP contribution in [0.25, 0.3) is 0 Å². The summed E-state index contributed by atoms with van der Waals surface area (Å²) in [4.78, 5) is 14.2. The maximum Gasteiger partial charge on any atom is 0.255 e. The first kappa shape index (κ1) is 16.5. The number of aliphatic hydroxyl groups is 1. The largest absolute Gasteiger partial charge is 0.393 e. The second-order valence-corrected chi connectivity index (χ2v) is 5.85. The molecule has 6 nitrogen and oxygen atoms in total. The zero-order valence-corrected chi connectivity index (χ0v) is 13.1. The minimum Gasteiger partial charge on any atom is -0.393 e. The van der Waals surface area contributed by atoms with Gasteiger partial charge in [0.25, 0.3) is 5.91 Å². The first-order valence-corrected chi connectivity index (χ1v) is 7.67. The Morgan fingerprint density at radius 1 is 1.29 bits per heavy atom. The lowest BCUT2D eigenvalue weighted by Gasteiger charge is -2.42. The maximum atomic E-state index is 13.1. The standard InChI is InChI=1S/C17H18FN3O3/c18-15-3-1-13(2-4-15)9-17(12-22)11-21(7-8-24-17)16(23)14-5-6-19-20-10-14/h1-6,10,22H,7-9,11-12H2. The van der Waals surface area contributed by atoms with Gasteiger partial charge in [-0.2, -0.15) is 10.2 Å². The van der Waals surface area contributed by atoms with Crippen LogP contribution in [0.3, 0.4) is 0 Å². The van der Waals surface area contributed by atoms with E-state index >= 15 is 0 Å². The molecule has 0 radical (unpaired) electrons. The number of carbonyl (C=O) groups excluding carboxylic acids is 1. The topological polar surface area (TPSA) is 75.6 Å². The quantitative estimate of drug-likeness (QED) is 0.907. The van der Waals surface area contributed by atoms with Crippen molar-refractivity contribution in [1.82, 2.24) is 15.1 Å². The van der Waals surface area contributed by atoms with Crippen LogP contribution in [0.1, 0.15) is 15.9 Å². The van der Waals surface area contributed by atoms with E-state index in [9.17, 15) is 14.3 Å². The molecular weight excluding hydrogens is 313 g/mol. The molecule has 0 spiro atoms. The van der Waals surface area contributed by atoms with Crippen molar-refractivity contribution in [3.8, 4) is 0 Å². The molecule has 0 saturated carbocycles. The average molecular weight is 331 g/mol. The summed E-state index contributed by atoms with van der Waals surface area (Å²) in [5.74, 6) is -0.492. The first-order valence-electron chi connectivity index (χ1n) is 7.67. The van der Waals surface area contributed by atoms with E-state index in [-0.39, 0.29) is 24.9 Å². The summed E-state index contributed by atoms with van der Waals surface area (Å²) in [6, 6.07) is 7.66. The minimum atomic E-state index is -0.897. The van der Waals surface area contributed by atoms with E-state index in [4.69, 9.17) is 4.74 Å². The van der Waals surface area contributed by atoms with Gasteiger partial charge in [0.1, 0.15) is 11.4 Å². The van der Waals surface area contributed by atoms with Gasteiger partial charge in [-0.3, -0.25) is 4.79 Å². The molecular formula is C17H18FN3O3. The van der Waals surface area contributed by atoms with Crippen LogP contribution in [0.5, 0.6) is 0 Å². The molecule has 126 valence electrons. The van der Waals surface area contributed by atoms with Gasteiger partial charge in [0.2, 0.25) is 0 Å². The van der Waals surface area contributed by atoms with E-state index in [1.54, 1.807) is 23.1 Å². The third-order valence-electron chi connectivity index (χ3n) is 4.09. The second-order valence-electron chi connectivity index (χ2n) is 5.85. The number of carbonyl (C=O) groups is 1. The highest BCUT2D eigenvalue weighted by atomic mass is 19.1. The minimum absolute atomic E-state index is 0.176. The second kappa shape index (κ2) is 7.02. The number of rotatable bonds is 4. The summed E-state index contributed by atoms with van der Waals surface area (Å²) in [6.07, 6.45) is 3.27. The number of ether oxygens (including phenoxy) is 1. The smallest absolute Gasteiger partial charge is 0.255 e. The van der Waals surface area contributed by atoms with Crippen molar-refractivity contribution >= 4 is 5.91 Å². The molecule has 7 heteroatoms. The predicted molar refractivity (Wildman–Crippen MR) is 83.8 cm³/mol. The normalized spacial score (nSPS) is 20.8. The van der Waals surface area contributed by atoms with Gasteiger partial charge in [0, 0.05) is 13.0 Å². The van der Waals surface area contributed by atoms with Gasteiger partial charge >= 0.3 is 0 Å². The Bertz CT molecular complexity index is 696. The third-order valence-corrected chi connectivity index (χ3v) is 4.09. The van der Waals surface area contributed by atoms with Crippen LogP contribution in [0.2, 0.25) is 0 Å².